The number of carbonyl (C=O) groups excluding carboxylic acids is 2. The van der Waals surface area contributed by atoms with E-state index < -0.39 is 0 Å². The van der Waals surface area contributed by atoms with Gasteiger partial charge in [0, 0.05) is 24.9 Å². The number of anilines is 2. The first-order valence-electron chi connectivity index (χ1n) is 10.1. The second-order valence-electron chi connectivity index (χ2n) is 7.57. The standard InChI is InChI=1S/C21H28N4O2/c1-3-24(4-2)21(27)15-10-11-17-16(12-15)23-20(26)18-13-22-19(25(17)18)14-8-6-5-7-9-14/h10-14,19,22H,3-9H2,1-2H3,(H,23,26). The Morgan fingerprint density at radius 2 is 1.93 bits per heavy atom. The summed E-state index contributed by atoms with van der Waals surface area (Å²) in [5.74, 6) is 0.422. The van der Waals surface area contributed by atoms with Crippen molar-refractivity contribution in [2.24, 2.45) is 5.92 Å². The zero-order chi connectivity index (χ0) is 19.0. The van der Waals surface area contributed by atoms with Crippen molar-refractivity contribution in [3.63, 3.8) is 0 Å². The van der Waals surface area contributed by atoms with E-state index in [1.165, 1.54) is 32.1 Å². The minimum atomic E-state index is -0.110. The van der Waals surface area contributed by atoms with Gasteiger partial charge in [-0.3, -0.25) is 9.59 Å². The summed E-state index contributed by atoms with van der Waals surface area (Å²) in [5, 5.41) is 6.41. The maximum absolute atomic E-state index is 12.7. The molecule has 3 aliphatic rings. The van der Waals surface area contributed by atoms with Crippen molar-refractivity contribution in [2.75, 3.05) is 23.3 Å². The van der Waals surface area contributed by atoms with Crippen LogP contribution in [0.3, 0.4) is 0 Å². The predicted octanol–water partition coefficient (Wildman–Crippen LogP) is 3.28. The second-order valence-corrected chi connectivity index (χ2v) is 7.57. The molecule has 1 atom stereocenters. The third kappa shape index (κ3) is 3.07. The molecule has 1 aromatic carbocycles. The number of rotatable bonds is 4. The molecule has 0 saturated heterocycles. The summed E-state index contributed by atoms with van der Waals surface area (Å²) in [4.78, 5) is 29.3. The fraction of sp³-hybridized carbons (Fsp3) is 0.524. The van der Waals surface area contributed by atoms with Gasteiger partial charge in [-0.15, -0.1) is 0 Å². The smallest absolute Gasteiger partial charge is 0.273 e. The molecule has 2 amide bonds. The second kappa shape index (κ2) is 7.25. The van der Waals surface area contributed by atoms with Crippen LogP contribution in [0.2, 0.25) is 0 Å². The van der Waals surface area contributed by atoms with Gasteiger partial charge in [0.15, 0.2) is 0 Å². The van der Waals surface area contributed by atoms with E-state index in [1.54, 1.807) is 4.90 Å². The van der Waals surface area contributed by atoms with E-state index in [0.29, 0.717) is 30.3 Å². The van der Waals surface area contributed by atoms with Crippen LogP contribution >= 0.6 is 0 Å². The number of benzene rings is 1. The zero-order valence-electron chi connectivity index (χ0n) is 16.1. The topological polar surface area (TPSA) is 64.7 Å². The SMILES string of the molecule is CCN(CC)C(=O)c1ccc2c(c1)NC(=O)C1=CNC(C3CCCCC3)N12. The average molecular weight is 368 g/mol. The van der Waals surface area contributed by atoms with Gasteiger partial charge >= 0.3 is 0 Å². The third-order valence-corrected chi connectivity index (χ3v) is 6.06. The van der Waals surface area contributed by atoms with Crippen molar-refractivity contribution in [1.82, 2.24) is 10.2 Å². The first kappa shape index (κ1) is 17.9. The predicted molar refractivity (Wildman–Crippen MR) is 106 cm³/mol. The normalized spacial score (nSPS) is 21.7. The van der Waals surface area contributed by atoms with E-state index in [9.17, 15) is 9.59 Å². The van der Waals surface area contributed by atoms with Crippen molar-refractivity contribution in [1.29, 1.82) is 0 Å². The molecule has 4 rings (SSSR count). The van der Waals surface area contributed by atoms with E-state index in [-0.39, 0.29) is 18.0 Å². The molecule has 2 N–H and O–H groups in total. The molecule has 1 fully saturated rings. The van der Waals surface area contributed by atoms with Gasteiger partial charge in [0.2, 0.25) is 0 Å². The summed E-state index contributed by atoms with van der Waals surface area (Å²) in [6.45, 7) is 5.30. The van der Waals surface area contributed by atoms with E-state index in [2.05, 4.69) is 15.5 Å². The molecule has 2 heterocycles. The Labute approximate surface area is 160 Å². The molecule has 6 nitrogen and oxygen atoms in total. The number of nitrogens with zero attached hydrogens (tertiary/aromatic N) is 2. The van der Waals surface area contributed by atoms with Crippen LogP contribution in [0.5, 0.6) is 0 Å². The van der Waals surface area contributed by atoms with Gasteiger partial charge in [-0.1, -0.05) is 19.3 Å². The van der Waals surface area contributed by atoms with Crippen LogP contribution in [0.1, 0.15) is 56.3 Å². The summed E-state index contributed by atoms with van der Waals surface area (Å²) >= 11 is 0. The average Bonchev–Trinajstić information content (AvgIpc) is 3.15. The monoisotopic (exact) mass is 368 g/mol. The maximum atomic E-state index is 12.7. The van der Waals surface area contributed by atoms with Gasteiger partial charge in [-0.25, -0.2) is 0 Å². The van der Waals surface area contributed by atoms with E-state index in [1.807, 2.05) is 38.2 Å². The van der Waals surface area contributed by atoms with Crippen LogP contribution in [0, 0.1) is 5.92 Å². The largest absolute Gasteiger partial charge is 0.369 e. The summed E-state index contributed by atoms with van der Waals surface area (Å²) in [6, 6.07) is 5.67. The molecular weight excluding hydrogens is 340 g/mol. The highest BCUT2D eigenvalue weighted by molar-refractivity contribution is 6.13. The first-order valence-corrected chi connectivity index (χ1v) is 10.1. The van der Waals surface area contributed by atoms with E-state index in [4.69, 9.17) is 0 Å². The van der Waals surface area contributed by atoms with Crippen molar-refractivity contribution in [3.8, 4) is 0 Å². The molecule has 0 bridgehead atoms. The highest BCUT2D eigenvalue weighted by Gasteiger charge is 2.40. The van der Waals surface area contributed by atoms with Crippen LogP contribution < -0.4 is 15.5 Å². The fourth-order valence-corrected chi connectivity index (χ4v) is 4.57. The van der Waals surface area contributed by atoms with Crippen LogP contribution in [-0.2, 0) is 4.79 Å². The molecule has 1 unspecified atom stereocenters. The lowest BCUT2D eigenvalue weighted by Gasteiger charge is -2.39. The molecule has 0 radical (unpaired) electrons. The number of amides is 2. The Morgan fingerprint density at radius 1 is 1.19 bits per heavy atom. The number of nitrogens with one attached hydrogen (secondary N) is 2. The number of carbonyl (C=O) groups is 2. The summed E-state index contributed by atoms with van der Waals surface area (Å²) in [7, 11) is 0. The molecule has 27 heavy (non-hydrogen) atoms. The highest BCUT2D eigenvalue weighted by atomic mass is 16.2. The molecule has 1 aliphatic carbocycles. The molecule has 1 saturated carbocycles. The number of hydrogen-bond donors (Lipinski definition) is 2. The Kier molecular flexibility index (Phi) is 4.81. The van der Waals surface area contributed by atoms with Gasteiger partial charge in [-0.2, -0.15) is 0 Å². The van der Waals surface area contributed by atoms with Crippen LogP contribution in [-0.4, -0.2) is 36.0 Å². The molecular formula is C21H28N4O2. The Balaban J connectivity index is 1.66. The van der Waals surface area contributed by atoms with Crippen molar-refractivity contribution < 1.29 is 9.59 Å². The Bertz CT molecular complexity index is 778. The Morgan fingerprint density at radius 3 is 2.63 bits per heavy atom. The van der Waals surface area contributed by atoms with Gasteiger partial charge in [0.05, 0.1) is 11.4 Å². The lowest BCUT2D eigenvalue weighted by Crippen LogP contribution is -2.47. The summed E-state index contributed by atoms with van der Waals surface area (Å²) in [6.07, 6.45) is 8.14. The van der Waals surface area contributed by atoms with Crippen molar-refractivity contribution in [2.45, 2.75) is 52.1 Å². The maximum Gasteiger partial charge on any atom is 0.273 e. The summed E-state index contributed by atoms with van der Waals surface area (Å²) in [5.41, 5.74) is 2.98. The van der Waals surface area contributed by atoms with E-state index in [0.717, 1.165) is 11.4 Å². The van der Waals surface area contributed by atoms with Gasteiger partial charge < -0.3 is 20.4 Å². The number of fused-ring (bicyclic) bond motifs is 3. The third-order valence-electron chi connectivity index (χ3n) is 6.06. The highest BCUT2D eigenvalue weighted by Crippen LogP contribution is 2.41. The molecule has 144 valence electrons. The van der Waals surface area contributed by atoms with Gasteiger partial charge in [0.1, 0.15) is 11.9 Å². The molecule has 0 aromatic heterocycles. The van der Waals surface area contributed by atoms with Crippen molar-refractivity contribution >= 4 is 23.2 Å². The molecule has 6 heteroatoms. The summed E-state index contributed by atoms with van der Waals surface area (Å²) < 4.78 is 0. The van der Waals surface area contributed by atoms with E-state index >= 15 is 0 Å². The minimum absolute atomic E-state index is 0.00163. The lowest BCUT2D eigenvalue weighted by atomic mass is 9.86. The molecule has 1 aromatic rings. The Hall–Kier alpha value is -2.50. The molecule has 0 spiro atoms. The zero-order valence-corrected chi connectivity index (χ0v) is 16.1. The fourth-order valence-electron chi connectivity index (χ4n) is 4.57. The molecule has 2 aliphatic heterocycles. The number of hydrogen-bond acceptors (Lipinski definition) is 4. The van der Waals surface area contributed by atoms with Crippen LogP contribution in [0.15, 0.2) is 30.1 Å². The quantitative estimate of drug-likeness (QED) is 0.856. The van der Waals surface area contributed by atoms with Crippen molar-refractivity contribution in [3.05, 3.63) is 35.7 Å². The minimum Gasteiger partial charge on any atom is -0.369 e. The first-order chi connectivity index (χ1) is 13.1. The van der Waals surface area contributed by atoms with Gasteiger partial charge in [-0.05, 0) is 50.8 Å². The lowest BCUT2D eigenvalue weighted by molar-refractivity contribution is -0.113. The van der Waals surface area contributed by atoms with Crippen LogP contribution in [0.25, 0.3) is 0 Å². The van der Waals surface area contributed by atoms with Gasteiger partial charge in [0.25, 0.3) is 11.8 Å². The van der Waals surface area contributed by atoms with Crippen LogP contribution in [0.4, 0.5) is 11.4 Å².